The second-order valence-electron chi connectivity index (χ2n) is 8.72. The van der Waals surface area contributed by atoms with Gasteiger partial charge in [0.15, 0.2) is 5.69 Å². The molecule has 2 aliphatic carbocycles. The van der Waals surface area contributed by atoms with E-state index in [0.717, 1.165) is 53.5 Å². The number of ether oxygens (including phenoxy) is 1. The van der Waals surface area contributed by atoms with Gasteiger partial charge >= 0.3 is 0 Å². The minimum Gasteiger partial charge on any atom is -0.501 e. The lowest BCUT2D eigenvalue weighted by Gasteiger charge is -2.23. The van der Waals surface area contributed by atoms with Crippen LogP contribution in [0.5, 0.6) is 0 Å². The summed E-state index contributed by atoms with van der Waals surface area (Å²) in [5.41, 5.74) is 4.86. The molecule has 1 aliphatic heterocycles. The molecule has 7 heteroatoms. The predicted octanol–water partition coefficient (Wildman–Crippen LogP) is 4.37. The van der Waals surface area contributed by atoms with Crippen LogP contribution in [0.4, 0.5) is 0 Å². The fourth-order valence-electron chi connectivity index (χ4n) is 4.12. The Morgan fingerprint density at radius 3 is 2.79 bits per heavy atom. The summed E-state index contributed by atoms with van der Waals surface area (Å²) in [6.45, 7) is 3.31. The number of amides is 1. The maximum absolute atomic E-state index is 13.6. The molecule has 1 fully saturated rings. The third kappa shape index (κ3) is 4.77. The van der Waals surface area contributed by atoms with Crippen LogP contribution < -0.4 is 0 Å². The van der Waals surface area contributed by atoms with Crippen molar-refractivity contribution in [3.63, 3.8) is 0 Å². The summed E-state index contributed by atoms with van der Waals surface area (Å²) in [4.78, 5) is 33.8. The van der Waals surface area contributed by atoms with E-state index >= 15 is 0 Å². The molecule has 1 aromatic heterocycles. The highest BCUT2D eigenvalue weighted by atomic mass is 16.5. The molecule has 0 atom stereocenters. The van der Waals surface area contributed by atoms with Crippen LogP contribution in [0.3, 0.4) is 0 Å². The molecule has 168 valence electrons. The van der Waals surface area contributed by atoms with Gasteiger partial charge in [0.25, 0.3) is 5.91 Å². The van der Waals surface area contributed by atoms with Gasteiger partial charge in [-0.15, -0.1) is 0 Å². The summed E-state index contributed by atoms with van der Waals surface area (Å²) in [6.07, 6.45) is 10.7. The Morgan fingerprint density at radius 1 is 1.15 bits per heavy atom. The summed E-state index contributed by atoms with van der Waals surface area (Å²) in [6, 6.07) is 8.01. The van der Waals surface area contributed by atoms with Gasteiger partial charge in [-0.3, -0.25) is 9.78 Å². The smallest absolute Gasteiger partial charge is 0.274 e. The molecule has 1 saturated carbocycles. The van der Waals surface area contributed by atoms with E-state index in [0.29, 0.717) is 36.7 Å². The molecule has 0 saturated heterocycles. The zero-order valence-corrected chi connectivity index (χ0v) is 19.0. The highest BCUT2D eigenvalue weighted by molar-refractivity contribution is 6.14. The maximum atomic E-state index is 13.6. The molecule has 0 spiro atoms. The highest BCUT2D eigenvalue weighted by Gasteiger charge is 2.30. The van der Waals surface area contributed by atoms with E-state index < -0.39 is 0 Å². The van der Waals surface area contributed by atoms with Crippen molar-refractivity contribution in [1.82, 2.24) is 14.9 Å². The minimum absolute atomic E-state index is 0.0854. The molecule has 0 radical (unpaired) electrons. The summed E-state index contributed by atoms with van der Waals surface area (Å²) in [5.74, 6) is 2.11. The third-order valence-corrected chi connectivity index (χ3v) is 6.10. The number of nitrogens with zero attached hydrogens (tertiary/aromatic N) is 5. The number of hydrogen-bond donors (Lipinski definition) is 0. The molecule has 5 rings (SSSR count). The Morgan fingerprint density at radius 2 is 2.00 bits per heavy atom. The van der Waals surface area contributed by atoms with Gasteiger partial charge in [0.05, 0.1) is 18.5 Å². The van der Waals surface area contributed by atoms with E-state index in [-0.39, 0.29) is 5.91 Å². The molecule has 0 unspecified atom stereocenters. The summed E-state index contributed by atoms with van der Waals surface area (Å²) in [5, 5.41) is 0. The molecule has 0 bridgehead atoms. The van der Waals surface area contributed by atoms with Crippen molar-refractivity contribution in [3.05, 3.63) is 71.5 Å². The number of rotatable bonds is 8. The zero-order chi connectivity index (χ0) is 22.8. The molecule has 2 heterocycles. The van der Waals surface area contributed by atoms with Crippen LogP contribution in [-0.4, -0.2) is 52.5 Å². The van der Waals surface area contributed by atoms with Crippen LogP contribution >= 0.6 is 0 Å². The number of benzene rings is 1. The molecule has 1 aromatic carbocycles. The number of amidine groups is 1. The first kappa shape index (κ1) is 21.2. The molecular weight excluding hydrogens is 414 g/mol. The monoisotopic (exact) mass is 441 g/mol. The number of carbonyl (C=O) groups is 1. The number of fused-ring (bicyclic) bond motifs is 1. The van der Waals surface area contributed by atoms with Crippen LogP contribution in [-0.2, 0) is 4.74 Å². The van der Waals surface area contributed by atoms with Gasteiger partial charge in [0, 0.05) is 43.9 Å². The molecule has 1 amide bonds. The van der Waals surface area contributed by atoms with E-state index in [4.69, 9.17) is 9.73 Å². The number of aryl methyl sites for hydroxylation is 1. The van der Waals surface area contributed by atoms with Crippen molar-refractivity contribution in [2.45, 2.75) is 32.6 Å². The van der Waals surface area contributed by atoms with Crippen molar-refractivity contribution >= 4 is 17.5 Å². The highest BCUT2D eigenvalue weighted by Crippen LogP contribution is 2.31. The van der Waals surface area contributed by atoms with Crippen LogP contribution in [0.15, 0.2) is 70.3 Å². The maximum Gasteiger partial charge on any atom is 0.274 e. The van der Waals surface area contributed by atoms with Gasteiger partial charge in [-0.05, 0) is 43.9 Å². The Hall–Kier alpha value is -3.61. The number of allylic oxidation sites excluding steroid dienone is 4. The molecule has 0 N–H and O–H groups in total. The third-order valence-electron chi connectivity index (χ3n) is 6.10. The normalized spacial score (nSPS) is 16.9. The van der Waals surface area contributed by atoms with Crippen LogP contribution in [0.25, 0.3) is 11.3 Å². The van der Waals surface area contributed by atoms with Gasteiger partial charge in [-0.25, -0.2) is 15.0 Å². The average Bonchev–Trinajstić information content (AvgIpc) is 3.57. The Bertz CT molecular complexity index is 1210. The van der Waals surface area contributed by atoms with E-state index in [9.17, 15) is 4.79 Å². The van der Waals surface area contributed by atoms with Crippen LogP contribution in [0.1, 0.15) is 41.7 Å². The van der Waals surface area contributed by atoms with Crippen molar-refractivity contribution in [1.29, 1.82) is 0 Å². The van der Waals surface area contributed by atoms with Crippen LogP contribution in [0.2, 0.25) is 0 Å². The zero-order valence-electron chi connectivity index (χ0n) is 19.0. The van der Waals surface area contributed by atoms with Crippen molar-refractivity contribution < 1.29 is 9.53 Å². The second-order valence-corrected chi connectivity index (χ2v) is 8.72. The van der Waals surface area contributed by atoms with Gasteiger partial charge in [0.2, 0.25) is 0 Å². The number of hydrogen-bond acceptors (Lipinski definition) is 6. The number of carbonyl (C=O) groups excluding carboxylic acids is 1. The lowest BCUT2D eigenvalue weighted by atomic mass is 10.1. The number of aliphatic imine (C=N–C) groups is 2. The van der Waals surface area contributed by atoms with E-state index in [2.05, 4.69) is 15.0 Å². The van der Waals surface area contributed by atoms with Crippen molar-refractivity contribution in [3.8, 4) is 11.3 Å². The quantitative estimate of drug-likeness (QED) is 0.609. The Balaban J connectivity index is 1.35. The molecule has 2 aromatic rings. The van der Waals surface area contributed by atoms with Crippen molar-refractivity contribution in [2.24, 2.45) is 15.9 Å². The topological polar surface area (TPSA) is 80.0 Å². The molecule has 33 heavy (non-hydrogen) atoms. The fraction of sp³-hybridized carbons (Fsp3) is 0.346. The van der Waals surface area contributed by atoms with Crippen LogP contribution in [0, 0.1) is 12.8 Å². The lowest BCUT2D eigenvalue weighted by molar-refractivity contribution is 0.0747. The van der Waals surface area contributed by atoms with Gasteiger partial charge in [0.1, 0.15) is 17.3 Å². The lowest BCUT2D eigenvalue weighted by Crippen LogP contribution is -2.35. The number of methoxy groups -OCH3 is 1. The standard InChI is InChI=1S/C26H27N5O2/c1-17-4-3-5-19(14-17)24-25(28-12-11-27-24)26(32)31(16-18-6-7-18)13-10-23-29-21-9-8-20(33-2)15-22(21)30-23/h3-5,8-9,11-12,14,18H,6-7,10,13,15-16H2,1-2H3. The SMILES string of the molecule is COC1=CC=C2N=C(CCN(CC3CC3)C(=O)c3nccnc3-c3cccc(C)c3)N=C2C1. The molecule has 7 nitrogen and oxygen atoms in total. The summed E-state index contributed by atoms with van der Waals surface area (Å²) >= 11 is 0. The average molecular weight is 442 g/mol. The summed E-state index contributed by atoms with van der Waals surface area (Å²) < 4.78 is 5.34. The molecule has 3 aliphatic rings. The second kappa shape index (κ2) is 9.10. The summed E-state index contributed by atoms with van der Waals surface area (Å²) in [7, 11) is 1.67. The van der Waals surface area contributed by atoms with E-state index in [1.165, 1.54) is 0 Å². The van der Waals surface area contributed by atoms with Gasteiger partial charge < -0.3 is 9.64 Å². The predicted molar refractivity (Wildman–Crippen MR) is 128 cm³/mol. The van der Waals surface area contributed by atoms with E-state index in [1.807, 2.05) is 48.2 Å². The Labute approximate surface area is 193 Å². The van der Waals surface area contributed by atoms with Gasteiger partial charge in [-0.1, -0.05) is 23.8 Å². The van der Waals surface area contributed by atoms with Crippen molar-refractivity contribution in [2.75, 3.05) is 20.2 Å². The minimum atomic E-state index is -0.0854. The van der Waals surface area contributed by atoms with Gasteiger partial charge in [-0.2, -0.15) is 0 Å². The van der Waals surface area contributed by atoms with E-state index in [1.54, 1.807) is 19.5 Å². The number of aromatic nitrogens is 2. The first-order valence-corrected chi connectivity index (χ1v) is 11.4. The Kier molecular flexibility index (Phi) is 5.86. The molecular formula is C26H27N5O2. The first-order valence-electron chi connectivity index (χ1n) is 11.4. The fourth-order valence-corrected chi connectivity index (χ4v) is 4.12. The largest absolute Gasteiger partial charge is 0.501 e. The first-order chi connectivity index (χ1) is 16.1.